The Kier molecular flexibility index (Phi) is 3.75. The average Bonchev–Trinajstić information content (AvgIpc) is 2.32. The zero-order valence-corrected chi connectivity index (χ0v) is 9.31. The van der Waals surface area contributed by atoms with Gasteiger partial charge in [0, 0.05) is 12.5 Å². The van der Waals surface area contributed by atoms with Gasteiger partial charge in [-0.1, -0.05) is 0 Å². The van der Waals surface area contributed by atoms with Crippen molar-refractivity contribution in [1.82, 2.24) is 0 Å². The maximum atomic E-state index is 12.8. The molecule has 0 bridgehead atoms. The van der Waals surface area contributed by atoms with Crippen molar-refractivity contribution in [3.8, 4) is 11.8 Å². The number of esters is 1. The van der Waals surface area contributed by atoms with E-state index in [9.17, 15) is 9.18 Å². The Hall–Kier alpha value is -2.13. The summed E-state index contributed by atoms with van der Waals surface area (Å²) in [6.45, 7) is 0.207. The number of ether oxygens (including phenoxy) is 3. The van der Waals surface area contributed by atoms with Crippen molar-refractivity contribution in [2.24, 2.45) is 0 Å². The van der Waals surface area contributed by atoms with E-state index in [1.54, 1.807) is 6.07 Å². The third kappa shape index (κ3) is 2.96. The number of rotatable bonds is 4. The van der Waals surface area contributed by atoms with E-state index in [0.717, 1.165) is 6.07 Å². The normalized spacial score (nSPS) is 17.4. The van der Waals surface area contributed by atoms with Crippen LogP contribution < -0.4 is 4.74 Å². The molecule has 1 aliphatic heterocycles. The third-order valence-electron chi connectivity index (χ3n) is 2.26. The van der Waals surface area contributed by atoms with Gasteiger partial charge in [0.2, 0.25) is 6.29 Å². The first kappa shape index (κ1) is 12.3. The highest BCUT2D eigenvalue weighted by Crippen LogP contribution is 2.18. The molecule has 1 aromatic carbocycles. The molecule has 5 nitrogen and oxygen atoms in total. The molecular weight excluding hydrogens is 241 g/mol. The summed E-state index contributed by atoms with van der Waals surface area (Å²) in [6.07, 6.45) is 0.163. The van der Waals surface area contributed by atoms with Gasteiger partial charge < -0.3 is 14.2 Å². The molecule has 1 heterocycles. The van der Waals surface area contributed by atoms with Crippen LogP contribution in [0, 0.1) is 23.2 Å². The number of halogens is 1. The highest BCUT2D eigenvalue weighted by atomic mass is 19.1. The van der Waals surface area contributed by atoms with Crippen LogP contribution in [0.1, 0.15) is 12.0 Å². The van der Waals surface area contributed by atoms with Crippen molar-refractivity contribution in [1.29, 1.82) is 5.26 Å². The molecule has 18 heavy (non-hydrogen) atoms. The lowest BCUT2D eigenvalue weighted by Crippen LogP contribution is -2.33. The van der Waals surface area contributed by atoms with E-state index in [2.05, 4.69) is 6.07 Å². The van der Waals surface area contributed by atoms with Gasteiger partial charge in [-0.25, -0.2) is 9.18 Å². The number of nitrogens with zero attached hydrogens (tertiary/aromatic N) is 1. The SMILES string of the molecule is N#Cc1cc(F)[c]cc1OCC(=O)OC1CCO1. The summed E-state index contributed by atoms with van der Waals surface area (Å²) in [5.74, 6) is -1.18. The fraction of sp³-hybridized carbons (Fsp3) is 0.333. The van der Waals surface area contributed by atoms with Crippen molar-refractivity contribution in [2.75, 3.05) is 13.2 Å². The van der Waals surface area contributed by atoms with Crippen LogP contribution in [-0.2, 0) is 14.3 Å². The topological polar surface area (TPSA) is 68.5 Å². The van der Waals surface area contributed by atoms with Crippen molar-refractivity contribution >= 4 is 5.97 Å². The molecule has 1 unspecified atom stereocenters. The van der Waals surface area contributed by atoms with Gasteiger partial charge in [0.15, 0.2) is 6.61 Å². The Morgan fingerprint density at radius 1 is 1.72 bits per heavy atom. The second kappa shape index (κ2) is 5.47. The van der Waals surface area contributed by atoms with Crippen LogP contribution >= 0.6 is 0 Å². The lowest BCUT2D eigenvalue weighted by molar-refractivity contribution is -0.217. The second-order valence-electron chi connectivity index (χ2n) is 3.54. The Morgan fingerprint density at radius 2 is 2.50 bits per heavy atom. The summed E-state index contributed by atoms with van der Waals surface area (Å²) in [4.78, 5) is 11.3. The average molecular weight is 250 g/mol. The number of hydrogen-bond acceptors (Lipinski definition) is 5. The van der Waals surface area contributed by atoms with Gasteiger partial charge >= 0.3 is 5.97 Å². The molecule has 1 radical (unpaired) electrons. The van der Waals surface area contributed by atoms with E-state index in [1.807, 2.05) is 0 Å². The molecule has 0 aliphatic carbocycles. The first-order valence-electron chi connectivity index (χ1n) is 5.24. The molecule has 1 fully saturated rings. The Balaban J connectivity index is 1.89. The van der Waals surface area contributed by atoms with Crippen LogP contribution in [0.4, 0.5) is 4.39 Å². The predicted molar refractivity (Wildman–Crippen MR) is 55.9 cm³/mol. The maximum Gasteiger partial charge on any atom is 0.346 e. The monoisotopic (exact) mass is 250 g/mol. The minimum Gasteiger partial charge on any atom is -0.480 e. The molecule has 6 heteroatoms. The summed E-state index contributed by atoms with van der Waals surface area (Å²) < 4.78 is 27.6. The fourth-order valence-corrected chi connectivity index (χ4v) is 1.28. The Labute approximate surface area is 103 Å². The number of carbonyl (C=O) groups is 1. The van der Waals surface area contributed by atoms with Gasteiger partial charge in [-0.05, 0) is 12.1 Å². The molecule has 0 spiro atoms. The zero-order valence-electron chi connectivity index (χ0n) is 9.31. The van der Waals surface area contributed by atoms with E-state index in [1.165, 1.54) is 6.07 Å². The lowest BCUT2D eigenvalue weighted by Gasteiger charge is -2.25. The lowest BCUT2D eigenvalue weighted by atomic mass is 10.2. The van der Waals surface area contributed by atoms with Crippen LogP contribution in [0.2, 0.25) is 0 Å². The molecule has 0 amide bonds. The summed E-state index contributed by atoms with van der Waals surface area (Å²) in [5, 5.41) is 8.75. The van der Waals surface area contributed by atoms with Crippen LogP contribution in [0.15, 0.2) is 12.1 Å². The zero-order chi connectivity index (χ0) is 13.0. The number of benzene rings is 1. The van der Waals surface area contributed by atoms with Crippen LogP contribution in [0.5, 0.6) is 5.75 Å². The van der Waals surface area contributed by atoms with Gasteiger partial charge in [-0.15, -0.1) is 0 Å². The molecule has 1 atom stereocenters. The quantitative estimate of drug-likeness (QED) is 0.750. The van der Waals surface area contributed by atoms with E-state index in [-0.39, 0.29) is 17.9 Å². The number of carbonyl (C=O) groups excluding carboxylic acids is 1. The van der Waals surface area contributed by atoms with Crippen LogP contribution in [0.25, 0.3) is 0 Å². The summed E-state index contributed by atoms with van der Waals surface area (Å²) in [6, 6.07) is 6.15. The molecule has 93 valence electrons. The molecule has 1 aliphatic rings. The van der Waals surface area contributed by atoms with E-state index in [0.29, 0.717) is 13.0 Å². The van der Waals surface area contributed by atoms with Gasteiger partial charge in [-0.2, -0.15) is 5.26 Å². The van der Waals surface area contributed by atoms with Crippen molar-refractivity contribution in [3.05, 3.63) is 29.6 Å². The molecule has 0 aromatic heterocycles. The molecule has 1 aromatic rings. The molecule has 2 rings (SSSR count). The predicted octanol–water partition coefficient (Wildman–Crippen LogP) is 1.17. The standard InChI is InChI=1S/C12H9FNO4/c13-9-1-2-10(8(5-9)6-14)17-7-11(15)18-12-3-4-16-12/h2,5,12H,3-4,7H2. The summed E-state index contributed by atoms with van der Waals surface area (Å²) in [5.41, 5.74) is -0.000978. The summed E-state index contributed by atoms with van der Waals surface area (Å²) in [7, 11) is 0. The van der Waals surface area contributed by atoms with Gasteiger partial charge in [0.05, 0.1) is 12.2 Å². The minimum atomic E-state index is -0.663. The van der Waals surface area contributed by atoms with E-state index < -0.39 is 18.1 Å². The van der Waals surface area contributed by atoms with Crippen molar-refractivity contribution in [3.63, 3.8) is 0 Å². The maximum absolute atomic E-state index is 12.8. The van der Waals surface area contributed by atoms with Crippen LogP contribution in [0.3, 0.4) is 0 Å². The molecular formula is C12H9FNO4. The van der Waals surface area contributed by atoms with Gasteiger partial charge in [0.25, 0.3) is 0 Å². The first-order valence-corrected chi connectivity index (χ1v) is 5.24. The summed E-state index contributed by atoms with van der Waals surface area (Å²) >= 11 is 0. The van der Waals surface area contributed by atoms with E-state index >= 15 is 0 Å². The molecule has 1 saturated heterocycles. The minimum absolute atomic E-state index is 0.000978. The Bertz CT molecular complexity index is 493. The van der Waals surface area contributed by atoms with Gasteiger partial charge in [-0.3, -0.25) is 0 Å². The van der Waals surface area contributed by atoms with Crippen molar-refractivity contribution < 1.29 is 23.4 Å². The fourth-order valence-electron chi connectivity index (χ4n) is 1.28. The van der Waals surface area contributed by atoms with E-state index in [4.69, 9.17) is 19.5 Å². The Morgan fingerprint density at radius 3 is 3.11 bits per heavy atom. The van der Waals surface area contributed by atoms with Gasteiger partial charge in [0.1, 0.15) is 17.6 Å². The van der Waals surface area contributed by atoms with Crippen LogP contribution in [-0.4, -0.2) is 25.5 Å². The highest BCUT2D eigenvalue weighted by Gasteiger charge is 2.22. The largest absolute Gasteiger partial charge is 0.480 e. The number of nitriles is 1. The smallest absolute Gasteiger partial charge is 0.346 e. The first-order chi connectivity index (χ1) is 8.69. The second-order valence-corrected chi connectivity index (χ2v) is 3.54. The molecule has 0 N–H and O–H groups in total. The highest BCUT2D eigenvalue weighted by molar-refractivity contribution is 5.71. The van der Waals surface area contributed by atoms with Crippen molar-refractivity contribution in [2.45, 2.75) is 12.7 Å². The molecule has 0 saturated carbocycles. The third-order valence-corrected chi connectivity index (χ3v) is 2.26. The number of hydrogen-bond donors (Lipinski definition) is 0.